The lowest BCUT2D eigenvalue weighted by Crippen LogP contribution is -2.05. The highest BCUT2D eigenvalue weighted by Crippen LogP contribution is 2.22. The molecule has 0 saturated carbocycles. The summed E-state index contributed by atoms with van der Waals surface area (Å²) in [6, 6.07) is 0. The minimum absolute atomic E-state index is 0.584. The van der Waals surface area contributed by atoms with Crippen LogP contribution in [0.15, 0.2) is 10.7 Å². The number of hydrogen-bond donors (Lipinski definition) is 1. The molecule has 5 heteroatoms. The van der Waals surface area contributed by atoms with E-state index in [1.165, 1.54) is 0 Å². The zero-order valence-electron chi connectivity index (χ0n) is 8.38. The molecular formula is C9H14BrN3O. The second-order valence-electron chi connectivity index (χ2n) is 2.71. The van der Waals surface area contributed by atoms with Crippen LogP contribution in [-0.4, -0.2) is 23.1 Å². The Labute approximate surface area is 92.2 Å². The summed E-state index contributed by atoms with van der Waals surface area (Å²) in [7, 11) is 0. The van der Waals surface area contributed by atoms with Crippen molar-refractivity contribution >= 4 is 21.9 Å². The van der Waals surface area contributed by atoms with E-state index in [-0.39, 0.29) is 0 Å². The summed E-state index contributed by atoms with van der Waals surface area (Å²) in [4.78, 5) is 8.32. The number of hydrogen-bond acceptors (Lipinski definition) is 4. The fraction of sp³-hybridized carbons (Fsp3) is 0.556. The average molecular weight is 260 g/mol. The molecule has 0 aliphatic rings. The normalized spacial score (nSPS) is 9.93. The van der Waals surface area contributed by atoms with Gasteiger partial charge in [0.15, 0.2) is 0 Å². The summed E-state index contributed by atoms with van der Waals surface area (Å²) in [5.74, 6) is 1.19. The third-order valence-electron chi connectivity index (χ3n) is 1.53. The van der Waals surface area contributed by atoms with Crippen LogP contribution in [0.4, 0.5) is 5.95 Å². The van der Waals surface area contributed by atoms with Crippen LogP contribution in [-0.2, 0) is 0 Å². The highest BCUT2D eigenvalue weighted by atomic mass is 79.9. The molecule has 78 valence electrons. The third kappa shape index (κ3) is 3.14. The van der Waals surface area contributed by atoms with Gasteiger partial charge >= 0.3 is 0 Å². The van der Waals surface area contributed by atoms with E-state index in [4.69, 9.17) is 4.74 Å². The monoisotopic (exact) mass is 259 g/mol. The Morgan fingerprint density at radius 3 is 2.93 bits per heavy atom. The molecule has 0 unspecified atom stereocenters. The molecule has 4 nitrogen and oxygen atoms in total. The van der Waals surface area contributed by atoms with E-state index in [1.54, 1.807) is 6.20 Å². The summed E-state index contributed by atoms with van der Waals surface area (Å²) < 4.78 is 6.10. The van der Waals surface area contributed by atoms with Gasteiger partial charge in [0, 0.05) is 6.54 Å². The van der Waals surface area contributed by atoms with E-state index in [0.29, 0.717) is 18.4 Å². The van der Waals surface area contributed by atoms with Gasteiger partial charge in [-0.05, 0) is 29.3 Å². The van der Waals surface area contributed by atoms with Gasteiger partial charge in [0.2, 0.25) is 11.8 Å². The molecule has 1 rings (SSSR count). The molecule has 0 radical (unpaired) electrons. The molecular weight excluding hydrogens is 246 g/mol. The maximum Gasteiger partial charge on any atom is 0.232 e. The van der Waals surface area contributed by atoms with Crippen molar-refractivity contribution < 1.29 is 4.74 Å². The SMILES string of the molecule is CCCNc1ncc(Br)c(OCC)n1. The Bertz CT molecular complexity index is 293. The lowest BCUT2D eigenvalue weighted by atomic mass is 10.5. The molecule has 0 saturated heterocycles. The molecule has 0 fully saturated rings. The van der Waals surface area contributed by atoms with E-state index in [9.17, 15) is 0 Å². The van der Waals surface area contributed by atoms with Crippen LogP contribution < -0.4 is 10.1 Å². The van der Waals surface area contributed by atoms with Gasteiger partial charge in [-0.1, -0.05) is 6.92 Å². The van der Waals surface area contributed by atoms with E-state index >= 15 is 0 Å². The van der Waals surface area contributed by atoms with Crippen molar-refractivity contribution in [3.63, 3.8) is 0 Å². The minimum atomic E-state index is 0.584. The quantitative estimate of drug-likeness (QED) is 0.883. The van der Waals surface area contributed by atoms with Crippen LogP contribution in [0, 0.1) is 0 Å². The Morgan fingerprint density at radius 2 is 2.29 bits per heavy atom. The minimum Gasteiger partial charge on any atom is -0.477 e. The lowest BCUT2D eigenvalue weighted by molar-refractivity contribution is 0.324. The molecule has 0 aromatic carbocycles. The van der Waals surface area contributed by atoms with Crippen molar-refractivity contribution in [2.45, 2.75) is 20.3 Å². The summed E-state index contributed by atoms with van der Waals surface area (Å²) in [5, 5.41) is 3.10. The van der Waals surface area contributed by atoms with Crippen molar-refractivity contribution in [2.75, 3.05) is 18.5 Å². The molecule has 1 N–H and O–H groups in total. The van der Waals surface area contributed by atoms with Crippen molar-refractivity contribution in [3.05, 3.63) is 10.7 Å². The van der Waals surface area contributed by atoms with E-state index in [0.717, 1.165) is 17.4 Å². The van der Waals surface area contributed by atoms with E-state index in [2.05, 4.69) is 38.1 Å². The van der Waals surface area contributed by atoms with Crippen LogP contribution in [0.2, 0.25) is 0 Å². The molecule has 0 aliphatic heterocycles. The number of ether oxygens (including phenoxy) is 1. The van der Waals surface area contributed by atoms with Gasteiger partial charge in [-0.15, -0.1) is 0 Å². The van der Waals surface area contributed by atoms with Crippen molar-refractivity contribution in [2.24, 2.45) is 0 Å². The first-order valence-electron chi connectivity index (χ1n) is 4.67. The Balaban J connectivity index is 2.72. The number of halogens is 1. The smallest absolute Gasteiger partial charge is 0.232 e. The number of aromatic nitrogens is 2. The van der Waals surface area contributed by atoms with E-state index < -0.39 is 0 Å². The summed E-state index contributed by atoms with van der Waals surface area (Å²) >= 11 is 3.32. The molecule has 0 spiro atoms. The Kier molecular flexibility index (Phi) is 4.65. The van der Waals surface area contributed by atoms with Gasteiger partial charge in [-0.3, -0.25) is 0 Å². The molecule has 14 heavy (non-hydrogen) atoms. The summed E-state index contributed by atoms with van der Waals surface area (Å²) in [5.41, 5.74) is 0. The number of anilines is 1. The second kappa shape index (κ2) is 5.80. The van der Waals surface area contributed by atoms with Gasteiger partial charge in [-0.25, -0.2) is 4.98 Å². The lowest BCUT2D eigenvalue weighted by Gasteiger charge is -2.07. The van der Waals surface area contributed by atoms with Crippen LogP contribution in [0.3, 0.4) is 0 Å². The van der Waals surface area contributed by atoms with Crippen molar-refractivity contribution in [1.29, 1.82) is 0 Å². The van der Waals surface area contributed by atoms with Gasteiger partial charge in [0.1, 0.15) is 0 Å². The number of nitrogens with zero attached hydrogens (tertiary/aromatic N) is 2. The second-order valence-corrected chi connectivity index (χ2v) is 3.56. The van der Waals surface area contributed by atoms with Crippen LogP contribution in [0.5, 0.6) is 5.88 Å². The van der Waals surface area contributed by atoms with Gasteiger partial charge in [-0.2, -0.15) is 4.98 Å². The molecule has 0 atom stereocenters. The highest BCUT2D eigenvalue weighted by molar-refractivity contribution is 9.10. The Morgan fingerprint density at radius 1 is 1.50 bits per heavy atom. The van der Waals surface area contributed by atoms with E-state index in [1.807, 2.05) is 6.92 Å². The van der Waals surface area contributed by atoms with Crippen molar-refractivity contribution in [3.8, 4) is 5.88 Å². The zero-order valence-corrected chi connectivity index (χ0v) is 9.97. The Hall–Kier alpha value is -0.840. The zero-order chi connectivity index (χ0) is 10.4. The fourth-order valence-electron chi connectivity index (χ4n) is 0.911. The van der Waals surface area contributed by atoms with Crippen LogP contribution >= 0.6 is 15.9 Å². The first kappa shape index (κ1) is 11.2. The topological polar surface area (TPSA) is 47.0 Å². The predicted molar refractivity (Wildman–Crippen MR) is 59.7 cm³/mol. The summed E-state index contributed by atoms with van der Waals surface area (Å²) in [6.07, 6.45) is 2.74. The van der Waals surface area contributed by atoms with Crippen LogP contribution in [0.25, 0.3) is 0 Å². The first-order valence-corrected chi connectivity index (χ1v) is 5.46. The standard InChI is InChI=1S/C9H14BrN3O/c1-3-5-11-9-12-6-7(10)8(13-9)14-4-2/h6H,3-5H2,1-2H3,(H,11,12,13). The molecule has 1 heterocycles. The molecule has 0 bridgehead atoms. The van der Waals surface area contributed by atoms with Gasteiger partial charge in [0.05, 0.1) is 17.3 Å². The third-order valence-corrected chi connectivity index (χ3v) is 2.07. The number of rotatable bonds is 5. The van der Waals surface area contributed by atoms with Crippen LogP contribution in [0.1, 0.15) is 20.3 Å². The largest absolute Gasteiger partial charge is 0.477 e. The molecule has 0 aliphatic carbocycles. The predicted octanol–water partition coefficient (Wildman–Crippen LogP) is 2.46. The molecule has 1 aromatic heterocycles. The first-order chi connectivity index (χ1) is 6.77. The highest BCUT2D eigenvalue weighted by Gasteiger charge is 2.04. The summed E-state index contributed by atoms with van der Waals surface area (Å²) in [6.45, 7) is 5.49. The maximum absolute atomic E-state index is 5.32. The van der Waals surface area contributed by atoms with Crippen molar-refractivity contribution in [1.82, 2.24) is 9.97 Å². The molecule has 1 aromatic rings. The number of nitrogens with one attached hydrogen (secondary N) is 1. The van der Waals surface area contributed by atoms with Gasteiger partial charge in [0.25, 0.3) is 0 Å². The average Bonchev–Trinajstić information content (AvgIpc) is 2.19. The fourth-order valence-corrected chi connectivity index (χ4v) is 1.22. The van der Waals surface area contributed by atoms with Gasteiger partial charge < -0.3 is 10.1 Å². The maximum atomic E-state index is 5.32. The molecule has 0 amide bonds.